The monoisotopic (exact) mass is 1110 g/mol. The molecule has 0 aromatic rings. The van der Waals surface area contributed by atoms with Crippen molar-refractivity contribution in [1.82, 2.24) is 5.32 Å². The quantitative estimate of drug-likeness (QED) is 0.0357. The fraction of sp³-hybridized carbons (Fsp3) is 0.985. The molecule has 0 saturated heterocycles. The average Bonchev–Trinajstić information content (AvgIpc) is 3.39. The van der Waals surface area contributed by atoms with Crippen molar-refractivity contribution in [2.75, 3.05) is 40.9 Å². The van der Waals surface area contributed by atoms with Crippen LogP contribution in [0.3, 0.4) is 0 Å². The van der Waals surface area contributed by atoms with Crippen LogP contribution in [0.1, 0.15) is 380 Å². The molecule has 1 amide bonds. The van der Waals surface area contributed by atoms with Gasteiger partial charge < -0.3 is 28.8 Å². The van der Waals surface area contributed by atoms with Crippen LogP contribution in [0, 0.1) is 0 Å². The number of nitrogens with one attached hydrogen (secondary N) is 1. The van der Waals surface area contributed by atoms with Gasteiger partial charge in [-0.05, 0) is 12.8 Å². The fourth-order valence-electron chi connectivity index (χ4n) is 11.2. The number of hydrogen-bond acceptors (Lipinski definition) is 6. The van der Waals surface area contributed by atoms with E-state index < -0.39 is 20.0 Å². The van der Waals surface area contributed by atoms with Crippen molar-refractivity contribution in [2.24, 2.45) is 0 Å². The van der Waals surface area contributed by atoms with E-state index in [2.05, 4.69) is 19.2 Å². The molecular weight excluding hydrogens is 972 g/mol. The standard InChI is InChI=1S/C68H139N2O6P/c1-6-8-10-12-14-16-18-20-22-24-26-28-30-31-32-33-34-35-36-37-38-40-41-43-45-47-49-51-53-55-57-59-61-67(71)66(65-76-77(73,74)75-64-63-70(3,4)5)69-68(72)62-60-58-56-54-52-50-48-46-44-42-39-29-27-25-23-21-19-17-15-13-11-9-7-2/h66-67,71H,6-65H2,1-5H3,(H-,69,72,73,74). The summed E-state index contributed by atoms with van der Waals surface area (Å²) in [4.78, 5) is 25.6. The summed E-state index contributed by atoms with van der Waals surface area (Å²) in [5.74, 6) is -0.154. The number of nitrogens with zero attached hydrogens (tertiary/aromatic N) is 1. The highest BCUT2D eigenvalue weighted by molar-refractivity contribution is 7.45. The first kappa shape index (κ1) is 76.5. The summed E-state index contributed by atoms with van der Waals surface area (Å²) in [6, 6.07) is -0.797. The molecule has 0 heterocycles. The minimum atomic E-state index is -4.57. The van der Waals surface area contributed by atoms with E-state index in [0.717, 1.165) is 38.5 Å². The number of phosphoric ester groups is 1. The largest absolute Gasteiger partial charge is 0.756 e. The number of phosphoric acid groups is 1. The number of rotatable bonds is 66. The number of quaternary nitrogens is 1. The van der Waals surface area contributed by atoms with Gasteiger partial charge in [0.2, 0.25) is 5.91 Å². The van der Waals surface area contributed by atoms with Crippen LogP contribution in [0.4, 0.5) is 0 Å². The first-order valence-electron chi connectivity index (χ1n) is 34.9. The highest BCUT2D eigenvalue weighted by Crippen LogP contribution is 2.38. The van der Waals surface area contributed by atoms with Crippen LogP contribution >= 0.6 is 7.82 Å². The van der Waals surface area contributed by atoms with Gasteiger partial charge in [-0.1, -0.05) is 361 Å². The maximum atomic E-state index is 13.0. The Balaban J connectivity index is 3.97. The topological polar surface area (TPSA) is 108 Å². The Hall–Kier alpha value is -0.500. The van der Waals surface area contributed by atoms with Crippen LogP contribution in [0.15, 0.2) is 0 Å². The molecule has 0 aliphatic heterocycles. The lowest BCUT2D eigenvalue weighted by molar-refractivity contribution is -0.870. The first-order chi connectivity index (χ1) is 37.5. The van der Waals surface area contributed by atoms with E-state index in [9.17, 15) is 19.4 Å². The summed E-state index contributed by atoms with van der Waals surface area (Å²) in [6.07, 6.45) is 74.7. The van der Waals surface area contributed by atoms with Gasteiger partial charge in [0.05, 0.1) is 39.9 Å². The minimum absolute atomic E-state index is 0.0170. The molecule has 0 spiro atoms. The highest BCUT2D eigenvalue weighted by Gasteiger charge is 2.24. The van der Waals surface area contributed by atoms with Crippen LogP contribution in [-0.2, 0) is 18.4 Å². The van der Waals surface area contributed by atoms with Gasteiger partial charge in [0.25, 0.3) is 7.82 Å². The molecule has 0 rings (SSSR count). The average molecular weight is 1110 g/mol. The van der Waals surface area contributed by atoms with E-state index >= 15 is 0 Å². The Morgan fingerprint density at radius 1 is 0.403 bits per heavy atom. The Labute approximate surface area is 482 Å². The second-order valence-electron chi connectivity index (χ2n) is 25.6. The normalized spacial score (nSPS) is 13.6. The Morgan fingerprint density at radius 2 is 0.636 bits per heavy atom. The molecule has 0 bridgehead atoms. The summed E-state index contributed by atoms with van der Waals surface area (Å²) in [5, 5.41) is 14.1. The van der Waals surface area contributed by atoms with Gasteiger partial charge in [-0.15, -0.1) is 0 Å². The molecule has 0 aromatic carbocycles. The number of carbonyl (C=O) groups is 1. The molecular formula is C68H139N2O6P. The molecule has 0 aliphatic rings. The van der Waals surface area contributed by atoms with E-state index in [4.69, 9.17) is 9.05 Å². The van der Waals surface area contributed by atoms with Crippen molar-refractivity contribution in [3.63, 3.8) is 0 Å². The Kier molecular flexibility index (Phi) is 59.7. The SMILES string of the molecule is CCCCCCCCCCCCCCCCCCCCCCCCCCCCCCCCCCC(O)C(COP(=O)([O-])OCC[N+](C)(C)C)NC(=O)CCCCCCCCCCCCCCCCCCCCCCCCC. The number of hydrogen-bond donors (Lipinski definition) is 2. The molecule has 0 aromatic heterocycles. The highest BCUT2D eigenvalue weighted by atomic mass is 31.2. The molecule has 77 heavy (non-hydrogen) atoms. The summed E-state index contributed by atoms with van der Waals surface area (Å²) < 4.78 is 23.5. The first-order valence-corrected chi connectivity index (χ1v) is 36.3. The van der Waals surface area contributed by atoms with Crippen molar-refractivity contribution in [3.05, 3.63) is 0 Å². The molecule has 2 N–H and O–H groups in total. The second kappa shape index (κ2) is 60.1. The molecule has 0 radical (unpaired) electrons. The summed E-state index contributed by atoms with van der Waals surface area (Å²) >= 11 is 0. The number of unbranched alkanes of at least 4 members (excludes halogenated alkanes) is 53. The third kappa shape index (κ3) is 62.9. The lowest BCUT2D eigenvalue weighted by Crippen LogP contribution is -2.46. The van der Waals surface area contributed by atoms with E-state index in [0.29, 0.717) is 23.9 Å². The van der Waals surface area contributed by atoms with E-state index in [-0.39, 0.29) is 19.1 Å². The number of aliphatic hydroxyl groups is 1. The zero-order valence-electron chi connectivity index (χ0n) is 53.0. The number of likely N-dealkylation sites (N-methyl/N-ethyl adjacent to an activating group) is 1. The maximum Gasteiger partial charge on any atom is 0.268 e. The molecule has 3 atom stereocenters. The molecule has 3 unspecified atom stereocenters. The van der Waals surface area contributed by atoms with Crippen LogP contribution in [0.5, 0.6) is 0 Å². The van der Waals surface area contributed by atoms with Gasteiger partial charge in [0.15, 0.2) is 0 Å². The predicted molar refractivity (Wildman–Crippen MR) is 335 cm³/mol. The van der Waals surface area contributed by atoms with Crippen molar-refractivity contribution >= 4 is 13.7 Å². The van der Waals surface area contributed by atoms with Gasteiger partial charge in [0, 0.05) is 6.42 Å². The van der Waals surface area contributed by atoms with Gasteiger partial charge in [0.1, 0.15) is 13.2 Å². The van der Waals surface area contributed by atoms with E-state index in [1.54, 1.807) is 0 Å². The van der Waals surface area contributed by atoms with Crippen molar-refractivity contribution in [2.45, 2.75) is 392 Å². The zero-order valence-corrected chi connectivity index (χ0v) is 53.9. The Bertz CT molecular complexity index is 1220. The van der Waals surface area contributed by atoms with Gasteiger partial charge >= 0.3 is 0 Å². The third-order valence-corrected chi connectivity index (χ3v) is 17.6. The minimum Gasteiger partial charge on any atom is -0.756 e. The van der Waals surface area contributed by atoms with Gasteiger partial charge in [-0.25, -0.2) is 0 Å². The molecule has 9 heteroatoms. The lowest BCUT2D eigenvalue weighted by Gasteiger charge is -2.30. The lowest BCUT2D eigenvalue weighted by atomic mass is 10.0. The number of amides is 1. The molecule has 0 aliphatic carbocycles. The summed E-state index contributed by atoms with van der Waals surface area (Å²) in [7, 11) is 1.33. The summed E-state index contributed by atoms with van der Waals surface area (Å²) in [5.41, 5.74) is 0. The molecule has 0 saturated carbocycles. The van der Waals surface area contributed by atoms with Crippen molar-refractivity contribution in [1.29, 1.82) is 0 Å². The van der Waals surface area contributed by atoms with Crippen LogP contribution in [0.25, 0.3) is 0 Å². The predicted octanol–water partition coefficient (Wildman–Crippen LogP) is 21.3. The second-order valence-corrected chi connectivity index (χ2v) is 27.0. The van der Waals surface area contributed by atoms with E-state index in [1.807, 2.05) is 21.1 Å². The Morgan fingerprint density at radius 3 is 0.883 bits per heavy atom. The third-order valence-electron chi connectivity index (χ3n) is 16.6. The van der Waals surface area contributed by atoms with Crippen LogP contribution in [-0.4, -0.2) is 68.5 Å². The zero-order chi connectivity index (χ0) is 56.3. The van der Waals surface area contributed by atoms with E-state index in [1.165, 1.54) is 315 Å². The van der Waals surface area contributed by atoms with Gasteiger partial charge in [-0.3, -0.25) is 9.36 Å². The van der Waals surface area contributed by atoms with Crippen LogP contribution < -0.4 is 10.2 Å². The number of carbonyl (C=O) groups excluding carboxylic acids is 1. The van der Waals surface area contributed by atoms with Crippen LogP contribution in [0.2, 0.25) is 0 Å². The van der Waals surface area contributed by atoms with Crippen molar-refractivity contribution < 1.29 is 32.9 Å². The maximum absolute atomic E-state index is 13.0. The molecule has 0 fully saturated rings. The molecule has 8 nitrogen and oxygen atoms in total. The smallest absolute Gasteiger partial charge is 0.268 e. The van der Waals surface area contributed by atoms with Gasteiger partial charge in [-0.2, -0.15) is 0 Å². The number of aliphatic hydroxyl groups excluding tert-OH is 1. The van der Waals surface area contributed by atoms with Crippen molar-refractivity contribution in [3.8, 4) is 0 Å². The summed E-state index contributed by atoms with van der Waals surface area (Å²) in [6.45, 7) is 4.80. The fourth-order valence-corrected chi connectivity index (χ4v) is 11.9. The molecule has 462 valence electrons.